The number of carbonyl (C=O) groups excluding carboxylic acids is 1. The van der Waals surface area contributed by atoms with Gasteiger partial charge >= 0.3 is 0 Å². The lowest BCUT2D eigenvalue weighted by Gasteiger charge is -2.24. The number of benzene rings is 1. The van der Waals surface area contributed by atoms with E-state index in [-0.39, 0.29) is 42.9 Å². The van der Waals surface area contributed by atoms with Crippen LogP contribution >= 0.6 is 36.4 Å². The highest BCUT2D eigenvalue weighted by molar-refractivity contribution is 6.30. The minimum absolute atomic E-state index is 0. The van der Waals surface area contributed by atoms with Crippen molar-refractivity contribution in [2.75, 3.05) is 37.7 Å². The molecule has 1 aromatic carbocycles. The Balaban J connectivity index is 0.00000132. The number of ether oxygens (including phenoxy) is 1. The molecule has 0 spiro atoms. The zero-order valence-electron chi connectivity index (χ0n) is 12.7. The molecule has 130 valence electrons. The van der Waals surface area contributed by atoms with E-state index in [1.807, 2.05) is 24.3 Å². The summed E-state index contributed by atoms with van der Waals surface area (Å²) in [5, 5.41) is 6.99. The predicted octanol–water partition coefficient (Wildman–Crippen LogP) is 1.87. The van der Waals surface area contributed by atoms with E-state index in [0.717, 1.165) is 36.8 Å². The van der Waals surface area contributed by atoms with Crippen molar-refractivity contribution in [3.05, 3.63) is 29.3 Å². The Bertz CT molecular complexity index is 512. The fourth-order valence-electron chi connectivity index (χ4n) is 2.81. The topological polar surface area (TPSA) is 53.6 Å². The Kier molecular flexibility index (Phi) is 8.44. The van der Waals surface area contributed by atoms with Crippen LogP contribution in [0.3, 0.4) is 0 Å². The second kappa shape index (κ2) is 9.55. The summed E-state index contributed by atoms with van der Waals surface area (Å²) < 4.78 is 5.47. The van der Waals surface area contributed by atoms with Crippen LogP contribution in [-0.2, 0) is 9.53 Å². The maximum absolute atomic E-state index is 12.1. The van der Waals surface area contributed by atoms with Crippen LogP contribution in [0.1, 0.15) is 6.42 Å². The second-order valence-corrected chi connectivity index (χ2v) is 5.92. The maximum Gasteiger partial charge on any atom is 0.250 e. The van der Waals surface area contributed by atoms with Crippen molar-refractivity contribution < 1.29 is 9.53 Å². The van der Waals surface area contributed by atoms with Crippen LogP contribution in [0.25, 0.3) is 0 Å². The van der Waals surface area contributed by atoms with Crippen molar-refractivity contribution in [1.82, 2.24) is 10.6 Å². The average Bonchev–Trinajstić information content (AvgIpc) is 2.97. The van der Waals surface area contributed by atoms with Gasteiger partial charge in [0, 0.05) is 42.9 Å². The minimum Gasteiger partial charge on any atom is -0.369 e. The molecular formula is C15H22Cl3N3O2. The van der Waals surface area contributed by atoms with Gasteiger partial charge < -0.3 is 20.3 Å². The number of halogens is 3. The molecular weight excluding hydrogens is 361 g/mol. The molecule has 0 aliphatic carbocycles. The molecule has 1 amide bonds. The first-order chi connectivity index (χ1) is 10.2. The number of hydrogen-bond acceptors (Lipinski definition) is 4. The van der Waals surface area contributed by atoms with Crippen LogP contribution < -0.4 is 15.5 Å². The first-order valence-corrected chi connectivity index (χ1v) is 7.73. The summed E-state index contributed by atoms with van der Waals surface area (Å²) in [6.07, 6.45) is 0.581. The number of nitrogens with one attached hydrogen (secondary N) is 2. The number of rotatable bonds is 3. The van der Waals surface area contributed by atoms with E-state index in [9.17, 15) is 4.79 Å². The number of nitrogens with zero attached hydrogens (tertiary/aromatic N) is 1. The molecule has 2 heterocycles. The molecule has 2 saturated heterocycles. The molecule has 0 bridgehead atoms. The highest BCUT2D eigenvalue weighted by Gasteiger charge is 2.28. The van der Waals surface area contributed by atoms with Gasteiger partial charge in [0.1, 0.15) is 6.10 Å². The van der Waals surface area contributed by atoms with E-state index >= 15 is 0 Å². The molecule has 3 rings (SSSR count). The first-order valence-electron chi connectivity index (χ1n) is 7.35. The second-order valence-electron chi connectivity index (χ2n) is 5.48. The van der Waals surface area contributed by atoms with Crippen LogP contribution in [0.5, 0.6) is 0 Å². The molecule has 8 heteroatoms. The van der Waals surface area contributed by atoms with Gasteiger partial charge in [-0.1, -0.05) is 17.7 Å². The highest BCUT2D eigenvalue weighted by Crippen LogP contribution is 2.23. The summed E-state index contributed by atoms with van der Waals surface area (Å²) in [6, 6.07) is 7.99. The zero-order valence-corrected chi connectivity index (χ0v) is 15.1. The maximum atomic E-state index is 12.1. The monoisotopic (exact) mass is 381 g/mol. The zero-order chi connectivity index (χ0) is 14.7. The van der Waals surface area contributed by atoms with Crippen LogP contribution in [0, 0.1) is 0 Å². The van der Waals surface area contributed by atoms with Gasteiger partial charge in [-0.05, 0) is 24.6 Å². The molecule has 1 aromatic rings. The Morgan fingerprint density at radius 2 is 2.22 bits per heavy atom. The van der Waals surface area contributed by atoms with Gasteiger partial charge in [0.2, 0.25) is 0 Å². The van der Waals surface area contributed by atoms with Crippen LogP contribution in [-0.4, -0.2) is 50.8 Å². The van der Waals surface area contributed by atoms with Crippen molar-refractivity contribution in [2.45, 2.75) is 18.6 Å². The third kappa shape index (κ3) is 5.40. The van der Waals surface area contributed by atoms with E-state index in [4.69, 9.17) is 16.3 Å². The summed E-state index contributed by atoms with van der Waals surface area (Å²) >= 11 is 6.03. The summed E-state index contributed by atoms with van der Waals surface area (Å²) in [5.74, 6) is -0.0138. The predicted molar refractivity (Wildman–Crippen MR) is 97.3 cm³/mol. The van der Waals surface area contributed by atoms with Gasteiger partial charge in [-0.25, -0.2) is 0 Å². The van der Waals surface area contributed by atoms with Crippen LogP contribution in [0.2, 0.25) is 5.02 Å². The Hall–Kier alpha value is -0.720. The van der Waals surface area contributed by atoms with E-state index in [2.05, 4.69) is 15.5 Å². The summed E-state index contributed by atoms with van der Waals surface area (Å²) in [7, 11) is 0. The Morgan fingerprint density at radius 1 is 1.39 bits per heavy atom. The van der Waals surface area contributed by atoms with Crippen LogP contribution in [0.4, 0.5) is 5.69 Å². The van der Waals surface area contributed by atoms with Crippen molar-refractivity contribution in [1.29, 1.82) is 0 Å². The summed E-state index contributed by atoms with van der Waals surface area (Å²) in [6.45, 7) is 3.74. The third-order valence-corrected chi connectivity index (χ3v) is 4.16. The van der Waals surface area contributed by atoms with Gasteiger partial charge in [0.15, 0.2) is 0 Å². The lowest BCUT2D eigenvalue weighted by atomic mass is 10.2. The molecule has 5 nitrogen and oxygen atoms in total. The normalized spacial score (nSPS) is 23.6. The van der Waals surface area contributed by atoms with Gasteiger partial charge in [-0.15, -0.1) is 24.8 Å². The molecule has 2 aliphatic rings. The molecule has 0 radical (unpaired) electrons. The molecule has 2 unspecified atom stereocenters. The van der Waals surface area contributed by atoms with Gasteiger partial charge in [-0.3, -0.25) is 4.79 Å². The largest absolute Gasteiger partial charge is 0.369 e. The standard InChI is InChI=1S/C15H20ClN3O2.2ClH/c16-11-2-1-3-13(8-11)19-6-4-12(10-19)18-15(20)14-9-17-5-7-21-14;;/h1-3,8,12,14,17H,4-7,9-10H2,(H,18,20);2*1H. The smallest absolute Gasteiger partial charge is 0.250 e. The van der Waals surface area contributed by atoms with Crippen molar-refractivity contribution in [2.24, 2.45) is 0 Å². The van der Waals surface area contributed by atoms with Crippen LogP contribution in [0.15, 0.2) is 24.3 Å². The van der Waals surface area contributed by atoms with Crippen molar-refractivity contribution >= 4 is 48.0 Å². The van der Waals surface area contributed by atoms with Gasteiger partial charge in [-0.2, -0.15) is 0 Å². The number of carbonyl (C=O) groups is 1. The van der Waals surface area contributed by atoms with Gasteiger partial charge in [0.05, 0.1) is 6.61 Å². The SMILES string of the molecule is Cl.Cl.O=C(NC1CCN(c2cccc(Cl)c2)C1)C1CNCCO1. The number of amides is 1. The third-order valence-electron chi connectivity index (χ3n) is 3.93. The van der Waals surface area contributed by atoms with E-state index < -0.39 is 0 Å². The van der Waals surface area contributed by atoms with Crippen molar-refractivity contribution in [3.8, 4) is 0 Å². The molecule has 23 heavy (non-hydrogen) atoms. The molecule has 0 saturated carbocycles. The fourth-order valence-corrected chi connectivity index (χ4v) is 3.00. The Labute approximate surface area is 153 Å². The lowest BCUT2D eigenvalue weighted by molar-refractivity contribution is -0.134. The minimum atomic E-state index is -0.362. The molecule has 2 fully saturated rings. The first kappa shape index (κ1) is 20.3. The quantitative estimate of drug-likeness (QED) is 0.838. The van der Waals surface area contributed by atoms with E-state index in [1.54, 1.807) is 0 Å². The molecule has 2 atom stereocenters. The molecule has 2 aliphatic heterocycles. The average molecular weight is 383 g/mol. The molecule has 0 aromatic heterocycles. The number of morpholine rings is 1. The van der Waals surface area contributed by atoms with Gasteiger partial charge in [0.25, 0.3) is 5.91 Å². The van der Waals surface area contributed by atoms with E-state index in [1.165, 1.54) is 0 Å². The lowest BCUT2D eigenvalue weighted by Crippen LogP contribution is -2.50. The molecule has 2 N–H and O–H groups in total. The van der Waals surface area contributed by atoms with E-state index in [0.29, 0.717) is 13.2 Å². The highest BCUT2D eigenvalue weighted by atomic mass is 35.5. The summed E-state index contributed by atoms with van der Waals surface area (Å²) in [5.41, 5.74) is 1.11. The Morgan fingerprint density at radius 3 is 2.91 bits per heavy atom. The number of anilines is 1. The fraction of sp³-hybridized carbons (Fsp3) is 0.533. The number of hydrogen-bond donors (Lipinski definition) is 2. The van der Waals surface area contributed by atoms with Crippen molar-refractivity contribution in [3.63, 3.8) is 0 Å². The summed E-state index contributed by atoms with van der Waals surface area (Å²) in [4.78, 5) is 14.4.